The van der Waals surface area contributed by atoms with E-state index in [1.807, 2.05) is 0 Å². The van der Waals surface area contributed by atoms with E-state index in [1.165, 1.54) is 0 Å². The van der Waals surface area contributed by atoms with Crippen LogP contribution in [0.3, 0.4) is 0 Å². The van der Waals surface area contributed by atoms with Crippen LogP contribution in [0.2, 0.25) is 0 Å². The highest BCUT2D eigenvalue weighted by Crippen LogP contribution is 2.53. The van der Waals surface area contributed by atoms with E-state index in [4.69, 9.17) is 5.11 Å². The van der Waals surface area contributed by atoms with E-state index in [0.717, 1.165) is 6.07 Å². The fourth-order valence-corrected chi connectivity index (χ4v) is 1.44. The molecule has 1 aromatic carbocycles. The van der Waals surface area contributed by atoms with Gasteiger partial charge in [-0.1, -0.05) is 18.2 Å². The van der Waals surface area contributed by atoms with Crippen molar-refractivity contribution in [3.05, 3.63) is 35.4 Å². The van der Waals surface area contributed by atoms with Gasteiger partial charge >= 0.3 is 24.0 Å². The smallest absolute Gasteiger partial charge is 0.435 e. The monoisotopic (exact) mass is 290 g/mol. The number of hydrogen-bond acceptors (Lipinski definition) is 1. The molecular weight excluding hydrogens is 285 g/mol. The van der Waals surface area contributed by atoms with Crippen LogP contribution in [0.5, 0.6) is 0 Å². The van der Waals surface area contributed by atoms with Crippen molar-refractivity contribution in [1.29, 1.82) is 0 Å². The van der Waals surface area contributed by atoms with Gasteiger partial charge in [0.05, 0.1) is 5.56 Å². The molecule has 0 saturated carbocycles. The number of carboxylic acids is 1. The highest BCUT2D eigenvalue weighted by molar-refractivity contribution is 5.89. The summed E-state index contributed by atoms with van der Waals surface area (Å²) in [6.45, 7) is 0. The number of carbonyl (C=O) groups is 1. The lowest BCUT2D eigenvalue weighted by molar-refractivity contribution is -0.348. The first kappa shape index (κ1) is 15.3. The SMILES string of the molecule is O=C(O)c1ccccc1C(F)(C(F)(F)F)C(F)(F)F. The molecule has 1 aromatic rings. The summed E-state index contributed by atoms with van der Waals surface area (Å²) in [7, 11) is 0. The number of hydrogen-bond donors (Lipinski definition) is 1. The molecule has 19 heavy (non-hydrogen) atoms. The second-order valence-corrected chi connectivity index (χ2v) is 3.50. The molecule has 0 aliphatic carbocycles. The molecule has 0 amide bonds. The first-order chi connectivity index (χ1) is 8.43. The maximum atomic E-state index is 13.6. The Balaban J connectivity index is 3.67. The molecule has 0 unspecified atom stereocenters. The summed E-state index contributed by atoms with van der Waals surface area (Å²) in [5, 5.41) is 8.56. The zero-order chi connectivity index (χ0) is 15.1. The van der Waals surface area contributed by atoms with Crippen molar-refractivity contribution in [1.82, 2.24) is 0 Å². The third-order valence-electron chi connectivity index (χ3n) is 2.31. The molecule has 1 N–H and O–H groups in total. The molecule has 0 fully saturated rings. The minimum Gasteiger partial charge on any atom is -0.478 e. The number of aromatic carboxylic acids is 1. The van der Waals surface area contributed by atoms with Crippen LogP contribution in [-0.4, -0.2) is 23.4 Å². The molecular formula is C10H5F7O2. The average molecular weight is 290 g/mol. The van der Waals surface area contributed by atoms with Crippen LogP contribution >= 0.6 is 0 Å². The predicted octanol–water partition coefficient (Wildman–Crippen LogP) is 3.67. The van der Waals surface area contributed by atoms with Gasteiger partial charge in [0.2, 0.25) is 0 Å². The van der Waals surface area contributed by atoms with Gasteiger partial charge in [-0.15, -0.1) is 0 Å². The third-order valence-corrected chi connectivity index (χ3v) is 2.31. The highest BCUT2D eigenvalue weighted by atomic mass is 19.4. The van der Waals surface area contributed by atoms with Crippen molar-refractivity contribution in [3.8, 4) is 0 Å². The summed E-state index contributed by atoms with van der Waals surface area (Å²) >= 11 is 0. The standard InChI is InChI=1S/C10H5F7O2/c11-8(9(12,13)14,10(15,16)17)6-4-2-1-3-5(6)7(18)19/h1-4H,(H,18,19). The first-order valence-electron chi connectivity index (χ1n) is 4.58. The van der Waals surface area contributed by atoms with E-state index < -0.39 is 35.1 Å². The van der Waals surface area contributed by atoms with Gasteiger partial charge in [-0.25, -0.2) is 9.18 Å². The molecule has 0 aliphatic heterocycles. The molecule has 106 valence electrons. The normalized spacial score (nSPS) is 13.4. The van der Waals surface area contributed by atoms with E-state index in [2.05, 4.69) is 0 Å². The Morgan fingerprint density at radius 2 is 1.32 bits per heavy atom. The van der Waals surface area contributed by atoms with Crippen molar-refractivity contribution >= 4 is 5.97 Å². The minimum absolute atomic E-state index is 0.143. The Kier molecular flexibility index (Phi) is 3.53. The Bertz CT molecular complexity index is 475. The maximum Gasteiger partial charge on any atom is 0.435 e. The molecule has 0 aromatic heterocycles. The second kappa shape index (κ2) is 4.39. The van der Waals surface area contributed by atoms with E-state index in [1.54, 1.807) is 0 Å². The predicted molar refractivity (Wildman–Crippen MR) is 48.3 cm³/mol. The Labute approximate surface area is 101 Å². The van der Waals surface area contributed by atoms with Crippen LogP contribution in [0.1, 0.15) is 15.9 Å². The lowest BCUT2D eigenvalue weighted by atomic mass is 9.90. The third kappa shape index (κ3) is 2.36. The number of carboxylic acid groups (broad SMARTS) is 1. The highest BCUT2D eigenvalue weighted by Gasteiger charge is 2.74. The average Bonchev–Trinajstić information content (AvgIpc) is 2.24. The molecule has 9 heteroatoms. The van der Waals surface area contributed by atoms with Crippen molar-refractivity contribution in [2.45, 2.75) is 18.0 Å². The van der Waals surface area contributed by atoms with E-state index in [0.29, 0.717) is 12.1 Å². The fourth-order valence-electron chi connectivity index (χ4n) is 1.44. The van der Waals surface area contributed by atoms with Gasteiger partial charge < -0.3 is 5.11 Å². The van der Waals surface area contributed by atoms with Crippen molar-refractivity contribution < 1.29 is 40.6 Å². The maximum absolute atomic E-state index is 13.6. The second-order valence-electron chi connectivity index (χ2n) is 3.50. The quantitative estimate of drug-likeness (QED) is 0.844. The molecule has 2 nitrogen and oxygen atoms in total. The molecule has 0 saturated heterocycles. The van der Waals surface area contributed by atoms with E-state index in [-0.39, 0.29) is 6.07 Å². The van der Waals surface area contributed by atoms with Crippen LogP contribution in [0.15, 0.2) is 24.3 Å². The van der Waals surface area contributed by atoms with Crippen LogP contribution < -0.4 is 0 Å². The molecule has 0 bridgehead atoms. The van der Waals surface area contributed by atoms with Crippen LogP contribution in [0.4, 0.5) is 30.7 Å². The van der Waals surface area contributed by atoms with Gasteiger partial charge in [-0.3, -0.25) is 0 Å². The Morgan fingerprint density at radius 1 is 0.895 bits per heavy atom. The van der Waals surface area contributed by atoms with E-state index >= 15 is 0 Å². The topological polar surface area (TPSA) is 37.3 Å². The van der Waals surface area contributed by atoms with Gasteiger partial charge in [-0.05, 0) is 6.07 Å². The molecule has 0 aliphatic rings. The van der Waals surface area contributed by atoms with Crippen molar-refractivity contribution in [2.75, 3.05) is 0 Å². The lowest BCUT2D eigenvalue weighted by Gasteiger charge is -2.31. The largest absolute Gasteiger partial charge is 0.478 e. The number of benzene rings is 1. The van der Waals surface area contributed by atoms with Gasteiger partial charge in [0.25, 0.3) is 0 Å². The number of rotatable bonds is 2. The number of halogens is 7. The summed E-state index contributed by atoms with van der Waals surface area (Å²) in [5.41, 5.74) is -9.14. The fraction of sp³-hybridized carbons (Fsp3) is 0.300. The van der Waals surface area contributed by atoms with Crippen LogP contribution in [0, 0.1) is 0 Å². The number of alkyl halides is 7. The summed E-state index contributed by atoms with van der Waals surface area (Å²) in [5.74, 6) is -2.09. The van der Waals surface area contributed by atoms with Crippen LogP contribution in [-0.2, 0) is 5.67 Å². The summed E-state index contributed by atoms with van der Waals surface area (Å²) < 4.78 is 88.3. The Hall–Kier alpha value is -1.80. The van der Waals surface area contributed by atoms with Gasteiger partial charge in [0, 0.05) is 5.56 Å². The molecule has 0 radical (unpaired) electrons. The van der Waals surface area contributed by atoms with Crippen molar-refractivity contribution in [3.63, 3.8) is 0 Å². The lowest BCUT2D eigenvalue weighted by Crippen LogP contribution is -2.51. The molecule has 0 heterocycles. The van der Waals surface area contributed by atoms with Crippen molar-refractivity contribution in [2.24, 2.45) is 0 Å². The molecule has 0 spiro atoms. The van der Waals surface area contributed by atoms with Crippen LogP contribution in [0.25, 0.3) is 0 Å². The Morgan fingerprint density at radius 3 is 1.68 bits per heavy atom. The summed E-state index contributed by atoms with van der Waals surface area (Å²) in [6.07, 6.45) is -12.7. The van der Waals surface area contributed by atoms with Gasteiger partial charge in [-0.2, -0.15) is 26.3 Å². The minimum atomic E-state index is -6.34. The first-order valence-corrected chi connectivity index (χ1v) is 4.58. The summed E-state index contributed by atoms with van der Waals surface area (Å²) in [6, 6.07) is 2.18. The van der Waals surface area contributed by atoms with Gasteiger partial charge in [0.15, 0.2) is 0 Å². The van der Waals surface area contributed by atoms with E-state index in [9.17, 15) is 35.5 Å². The summed E-state index contributed by atoms with van der Waals surface area (Å²) in [4.78, 5) is 10.6. The molecule has 1 rings (SSSR count). The molecule has 0 atom stereocenters. The zero-order valence-corrected chi connectivity index (χ0v) is 8.81. The van der Waals surface area contributed by atoms with Gasteiger partial charge in [0.1, 0.15) is 0 Å². The zero-order valence-electron chi connectivity index (χ0n) is 8.81.